The van der Waals surface area contributed by atoms with Crippen molar-refractivity contribution in [2.24, 2.45) is 0 Å². The number of aryl methyl sites for hydroxylation is 6. The highest BCUT2D eigenvalue weighted by molar-refractivity contribution is 9.09. The molecule has 0 saturated carbocycles. The van der Waals surface area contributed by atoms with Gasteiger partial charge in [0.25, 0.3) is 0 Å². The van der Waals surface area contributed by atoms with Crippen LogP contribution in [0.15, 0.2) is 24.3 Å². The van der Waals surface area contributed by atoms with Crippen LogP contribution < -0.4 is 0 Å². The molecule has 2 aromatic rings. The van der Waals surface area contributed by atoms with Gasteiger partial charge in [-0.2, -0.15) is 0 Å². The highest BCUT2D eigenvalue weighted by Crippen LogP contribution is 2.41. The zero-order valence-corrected chi connectivity index (χ0v) is 15.9. The van der Waals surface area contributed by atoms with Gasteiger partial charge in [0.1, 0.15) is 0 Å². The third-order valence-electron chi connectivity index (χ3n) is 4.32. The highest BCUT2D eigenvalue weighted by atomic mass is 79.9. The molecule has 0 aliphatic carbocycles. The maximum absolute atomic E-state index is 11.0. The Labute approximate surface area is 142 Å². The lowest BCUT2D eigenvalue weighted by atomic mass is 9.89. The van der Waals surface area contributed by atoms with E-state index in [0.29, 0.717) is 0 Å². The second kappa shape index (κ2) is 6.55. The molecule has 0 spiro atoms. The van der Waals surface area contributed by atoms with Crippen molar-refractivity contribution in [1.82, 2.24) is 0 Å². The molecule has 0 amide bonds. The van der Waals surface area contributed by atoms with Crippen molar-refractivity contribution in [3.05, 3.63) is 68.8 Å². The number of aliphatic hydroxyl groups excluding tert-OH is 1. The molecule has 0 fully saturated rings. The lowest BCUT2D eigenvalue weighted by Gasteiger charge is -2.25. The van der Waals surface area contributed by atoms with Gasteiger partial charge in [-0.3, -0.25) is 0 Å². The first-order valence-corrected chi connectivity index (χ1v) is 8.61. The van der Waals surface area contributed by atoms with Crippen LogP contribution >= 0.6 is 15.9 Å². The van der Waals surface area contributed by atoms with Gasteiger partial charge in [0, 0.05) is 0 Å². The molecule has 2 rings (SSSR count). The van der Waals surface area contributed by atoms with E-state index in [1.807, 2.05) is 0 Å². The molecule has 2 heteroatoms. The molecule has 0 aliphatic rings. The fourth-order valence-electron chi connectivity index (χ4n) is 3.59. The number of hydrogen-bond donors (Lipinski definition) is 1. The second-order valence-corrected chi connectivity index (χ2v) is 7.46. The number of hydrogen-bond acceptors (Lipinski definition) is 1. The smallest absolute Gasteiger partial charge is 0.0961 e. The Bertz CT molecular complexity index is 595. The van der Waals surface area contributed by atoms with Gasteiger partial charge in [0.05, 0.1) is 10.9 Å². The molecule has 1 N–H and O–H groups in total. The quantitative estimate of drug-likeness (QED) is 0.695. The Hall–Kier alpha value is -1.12. The van der Waals surface area contributed by atoms with Crippen molar-refractivity contribution in [1.29, 1.82) is 0 Å². The van der Waals surface area contributed by atoms with E-state index in [1.165, 1.54) is 27.8 Å². The first-order chi connectivity index (χ1) is 10.2. The number of alkyl halides is 1. The highest BCUT2D eigenvalue weighted by Gasteiger charge is 2.25. The molecule has 0 heterocycles. The van der Waals surface area contributed by atoms with Crippen LogP contribution in [0, 0.1) is 41.5 Å². The molecule has 1 nitrogen and oxygen atoms in total. The molecule has 0 radical (unpaired) electrons. The van der Waals surface area contributed by atoms with E-state index >= 15 is 0 Å². The summed E-state index contributed by atoms with van der Waals surface area (Å²) in [7, 11) is 0. The lowest BCUT2D eigenvalue weighted by Crippen LogP contribution is -2.11. The van der Waals surface area contributed by atoms with Gasteiger partial charge < -0.3 is 5.11 Å². The molecular formula is C20H25BrO. The maximum atomic E-state index is 11.0. The summed E-state index contributed by atoms with van der Waals surface area (Å²) in [6.45, 7) is 12.6. The monoisotopic (exact) mass is 360 g/mol. The van der Waals surface area contributed by atoms with Gasteiger partial charge in [0.2, 0.25) is 0 Å². The van der Waals surface area contributed by atoms with Gasteiger partial charge in [-0.05, 0) is 74.9 Å². The van der Waals surface area contributed by atoms with Crippen LogP contribution in [0.1, 0.15) is 55.4 Å². The second-order valence-electron chi connectivity index (χ2n) is 6.47. The first kappa shape index (κ1) is 17.2. The summed E-state index contributed by atoms with van der Waals surface area (Å²) in [6.07, 6.45) is -0.555. The number of rotatable bonds is 3. The summed E-state index contributed by atoms with van der Waals surface area (Å²) in [4.78, 5) is -0.104. The summed E-state index contributed by atoms with van der Waals surface area (Å²) in [5.41, 5.74) is 9.47. The zero-order valence-electron chi connectivity index (χ0n) is 14.3. The molecule has 22 heavy (non-hydrogen) atoms. The fraction of sp³-hybridized carbons (Fsp3) is 0.400. The Morgan fingerprint density at radius 2 is 1.00 bits per heavy atom. The number of aliphatic hydroxyl groups is 1. The van der Waals surface area contributed by atoms with Crippen LogP contribution in [0.25, 0.3) is 0 Å². The minimum Gasteiger partial charge on any atom is -0.387 e. The third kappa shape index (κ3) is 3.28. The van der Waals surface area contributed by atoms with Gasteiger partial charge in [-0.25, -0.2) is 0 Å². The van der Waals surface area contributed by atoms with E-state index in [-0.39, 0.29) is 4.83 Å². The van der Waals surface area contributed by atoms with Crippen LogP contribution in [-0.4, -0.2) is 5.11 Å². The molecule has 0 aliphatic heterocycles. The molecule has 118 valence electrons. The Morgan fingerprint density at radius 1 is 0.682 bits per heavy atom. The lowest BCUT2D eigenvalue weighted by molar-refractivity contribution is 0.175. The minimum atomic E-state index is -0.555. The summed E-state index contributed by atoms with van der Waals surface area (Å²) < 4.78 is 0. The van der Waals surface area contributed by atoms with E-state index in [2.05, 4.69) is 81.7 Å². The Kier molecular flexibility index (Phi) is 5.14. The molecule has 2 atom stereocenters. The van der Waals surface area contributed by atoms with Crippen molar-refractivity contribution in [2.75, 3.05) is 0 Å². The summed E-state index contributed by atoms with van der Waals surface area (Å²) in [5.74, 6) is 0. The maximum Gasteiger partial charge on any atom is 0.0961 e. The number of benzene rings is 2. The summed E-state index contributed by atoms with van der Waals surface area (Å²) in [6, 6.07) is 8.64. The van der Waals surface area contributed by atoms with Crippen molar-refractivity contribution in [3.63, 3.8) is 0 Å². The molecule has 0 aromatic heterocycles. The SMILES string of the molecule is Cc1cc(C)c([C@@H](O)[C@H](Br)c2c(C)cc(C)cc2C)c(C)c1. The minimum absolute atomic E-state index is 0.104. The fourth-order valence-corrected chi connectivity index (χ4v) is 4.57. The van der Waals surface area contributed by atoms with Crippen LogP contribution in [-0.2, 0) is 0 Å². The molecular weight excluding hydrogens is 336 g/mol. The standard InChI is InChI=1S/C20H25BrO/c1-11-7-13(3)17(14(4)8-11)19(21)20(22)18-15(5)9-12(2)10-16(18)6/h7-10,19-20,22H,1-6H3/t19-,20-/m1/s1. The van der Waals surface area contributed by atoms with Gasteiger partial charge >= 0.3 is 0 Å². The summed E-state index contributed by atoms with van der Waals surface area (Å²) >= 11 is 3.75. The van der Waals surface area contributed by atoms with Crippen molar-refractivity contribution in [2.45, 2.75) is 52.5 Å². The van der Waals surface area contributed by atoms with Crippen LogP contribution in [0.4, 0.5) is 0 Å². The predicted molar refractivity (Wildman–Crippen MR) is 97.9 cm³/mol. The molecule has 0 bridgehead atoms. The average Bonchev–Trinajstić information content (AvgIpc) is 2.35. The van der Waals surface area contributed by atoms with Gasteiger partial charge in [0.15, 0.2) is 0 Å². The average molecular weight is 361 g/mol. The van der Waals surface area contributed by atoms with Crippen molar-refractivity contribution < 1.29 is 5.11 Å². The molecule has 2 aromatic carbocycles. The first-order valence-electron chi connectivity index (χ1n) is 7.70. The molecule has 0 unspecified atom stereocenters. The van der Waals surface area contributed by atoms with Gasteiger partial charge in [-0.15, -0.1) is 0 Å². The van der Waals surface area contributed by atoms with Gasteiger partial charge in [-0.1, -0.05) is 51.3 Å². The van der Waals surface area contributed by atoms with E-state index in [0.717, 1.165) is 16.7 Å². The van der Waals surface area contributed by atoms with Crippen LogP contribution in [0.2, 0.25) is 0 Å². The topological polar surface area (TPSA) is 20.2 Å². The normalized spacial score (nSPS) is 14.0. The number of halogens is 1. The molecule has 0 saturated heterocycles. The third-order valence-corrected chi connectivity index (χ3v) is 5.28. The Morgan fingerprint density at radius 3 is 1.36 bits per heavy atom. The predicted octanol–water partition coefficient (Wildman–Crippen LogP) is 5.71. The van der Waals surface area contributed by atoms with Crippen molar-refractivity contribution >= 4 is 15.9 Å². The van der Waals surface area contributed by atoms with Crippen LogP contribution in [0.3, 0.4) is 0 Å². The van der Waals surface area contributed by atoms with Crippen LogP contribution in [0.5, 0.6) is 0 Å². The van der Waals surface area contributed by atoms with E-state index in [1.54, 1.807) is 0 Å². The zero-order chi connectivity index (χ0) is 16.6. The summed E-state index contributed by atoms with van der Waals surface area (Å²) in [5, 5.41) is 11.0. The van der Waals surface area contributed by atoms with E-state index in [9.17, 15) is 5.11 Å². The van der Waals surface area contributed by atoms with E-state index in [4.69, 9.17) is 0 Å². The Balaban J connectivity index is 2.49. The van der Waals surface area contributed by atoms with Crippen molar-refractivity contribution in [3.8, 4) is 0 Å². The largest absolute Gasteiger partial charge is 0.387 e. The van der Waals surface area contributed by atoms with E-state index < -0.39 is 6.10 Å².